The minimum absolute atomic E-state index is 0.0504. The molecule has 0 amide bonds. The lowest BCUT2D eigenvalue weighted by Crippen LogP contribution is -1.99. The number of hydrogen-bond donors (Lipinski definition) is 0. The number of benzene rings is 1. The molecule has 0 spiro atoms. The summed E-state index contributed by atoms with van der Waals surface area (Å²) in [6.07, 6.45) is 0.378. The summed E-state index contributed by atoms with van der Waals surface area (Å²) in [4.78, 5) is 20.9. The summed E-state index contributed by atoms with van der Waals surface area (Å²) in [5, 5.41) is 10.8. The Morgan fingerprint density at radius 3 is 2.88 bits per heavy atom. The van der Waals surface area contributed by atoms with E-state index < -0.39 is 10.6 Å². The molecule has 84 valence electrons. The van der Waals surface area contributed by atoms with Gasteiger partial charge in [-0.1, -0.05) is 0 Å². The number of nitrogens with zero attached hydrogens (tertiary/aromatic N) is 1. The lowest BCUT2D eigenvalue weighted by atomic mass is 10.1. The molecule has 7 nitrogen and oxygen atoms in total. The zero-order chi connectivity index (χ0) is 11.7. The van der Waals surface area contributed by atoms with Crippen molar-refractivity contribution in [2.75, 3.05) is 13.9 Å². The summed E-state index contributed by atoms with van der Waals surface area (Å²) in [5.41, 5.74) is -0.521. The van der Waals surface area contributed by atoms with Crippen LogP contribution in [0.3, 0.4) is 0 Å². The molecule has 2 rings (SSSR count). The van der Waals surface area contributed by atoms with E-state index in [9.17, 15) is 14.9 Å². The van der Waals surface area contributed by atoms with Gasteiger partial charge in [0.1, 0.15) is 5.56 Å². The number of methoxy groups -OCH3 is 1. The average molecular weight is 225 g/mol. The second kappa shape index (κ2) is 3.69. The average Bonchev–Trinajstić information content (AvgIpc) is 2.73. The number of nitro groups is 1. The Labute approximate surface area is 89.7 Å². The molecule has 0 N–H and O–H groups in total. The molecule has 0 unspecified atom stereocenters. The van der Waals surface area contributed by atoms with Crippen molar-refractivity contribution < 1.29 is 23.9 Å². The van der Waals surface area contributed by atoms with Crippen LogP contribution in [0.2, 0.25) is 0 Å². The second-order valence-corrected chi connectivity index (χ2v) is 2.96. The van der Waals surface area contributed by atoms with Crippen molar-refractivity contribution in [2.24, 2.45) is 0 Å². The number of nitro benzene ring substituents is 1. The quantitative estimate of drug-likeness (QED) is 0.435. The number of fused-ring (bicyclic) bond motifs is 1. The fraction of sp³-hybridized carbons (Fsp3) is 0.222. The molecule has 0 fully saturated rings. The van der Waals surface area contributed by atoms with Crippen molar-refractivity contribution in [1.29, 1.82) is 0 Å². The predicted octanol–water partition coefficient (Wildman–Crippen LogP) is 1.14. The Morgan fingerprint density at radius 1 is 1.56 bits per heavy atom. The van der Waals surface area contributed by atoms with Crippen LogP contribution in [0.1, 0.15) is 10.4 Å². The van der Waals surface area contributed by atoms with E-state index in [1.165, 1.54) is 13.2 Å². The molecular formula is C9H7NO6. The summed E-state index contributed by atoms with van der Waals surface area (Å²) in [6, 6.07) is 1.26. The van der Waals surface area contributed by atoms with E-state index in [0.29, 0.717) is 6.29 Å². The Hall–Kier alpha value is -2.31. The van der Waals surface area contributed by atoms with E-state index in [1.807, 2.05) is 0 Å². The molecule has 1 aromatic carbocycles. The number of aldehydes is 1. The highest BCUT2D eigenvalue weighted by molar-refractivity contribution is 5.87. The van der Waals surface area contributed by atoms with Crippen LogP contribution in [0.5, 0.6) is 17.2 Å². The summed E-state index contributed by atoms with van der Waals surface area (Å²) in [6.45, 7) is -0.0504. The van der Waals surface area contributed by atoms with E-state index in [-0.39, 0.29) is 29.6 Å². The van der Waals surface area contributed by atoms with Gasteiger partial charge in [0.25, 0.3) is 0 Å². The second-order valence-electron chi connectivity index (χ2n) is 2.96. The highest BCUT2D eigenvalue weighted by Gasteiger charge is 2.31. The largest absolute Gasteiger partial charge is 0.487 e. The molecule has 0 saturated heterocycles. The molecule has 0 saturated carbocycles. The van der Waals surface area contributed by atoms with Gasteiger partial charge in [0, 0.05) is 6.07 Å². The van der Waals surface area contributed by atoms with Crippen molar-refractivity contribution in [3.05, 3.63) is 21.7 Å². The third kappa shape index (κ3) is 1.33. The van der Waals surface area contributed by atoms with Crippen molar-refractivity contribution in [1.82, 2.24) is 0 Å². The zero-order valence-electron chi connectivity index (χ0n) is 8.26. The van der Waals surface area contributed by atoms with Crippen molar-refractivity contribution in [3.63, 3.8) is 0 Å². The van der Waals surface area contributed by atoms with Gasteiger partial charge in [0.05, 0.1) is 12.0 Å². The van der Waals surface area contributed by atoms with Gasteiger partial charge in [-0.05, 0) is 0 Å². The summed E-state index contributed by atoms with van der Waals surface area (Å²) >= 11 is 0. The topological polar surface area (TPSA) is 87.9 Å². The normalized spacial score (nSPS) is 12.3. The smallest absolute Gasteiger partial charge is 0.325 e. The van der Waals surface area contributed by atoms with E-state index in [2.05, 4.69) is 0 Å². The molecule has 1 aliphatic rings. The van der Waals surface area contributed by atoms with Crippen LogP contribution in [0.15, 0.2) is 6.07 Å². The number of ether oxygens (including phenoxy) is 3. The van der Waals surface area contributed by atoms with Gasteiger partial charge in [-0.15, -0.1) is 0 Å². The summed E-state index contributed by atoms with van der Waals surface area (Å²) in [7, 11) is 1.26. The van der Waals surface area contributed by atoms with Gasteiger partial charge in [-0.25, -0.2) is 0 Å². The minimum Gasteiger partial charge on any atom is -0.487 e. The zero-order valence-corrected chi connectivity index (χ0v) is 8.26. The van der Waals surface area contributed by atoms with Gasteiger partial charge in [-0.3, -0.25) is 14.9 Å². The molecule has 0 aromatic heterocycles. The summed E-state index contributed by atoms with van der Waals surface area (Å²) < 4.78 is 15.0. The van der Waals surface area contributed by atoms with Gasteiger partial charge < -0.3 is 14.2 Å². The SMILES string of the molecule is COc1c2c(cc(C=O)c1[N+](=O)[O-])OCO2. The maximum absolute atomic E-state index is 10.8. The fourth-order valence-electron chi connectivity index (χ4n) is 1.49. The molecule has 0 bridgehead atoms. The van der Waals surface area contributed by atoms with Crippen LogP contribution < -0.4 is 14.2 Å². The highest BCUT2D eigenvalue weighted by atomic mass is 16.7. The first-order chi connectivity index (χ1) is 7.69. The Bertz CT molecular complexity index is 470. The number of carbonyl (C=O) groups excluding carboxylic acids is 1. The van der Waals surface area contributed by atoms with Crippen LogP contribution in [0.25, 0.3) is 0 Å². The standard InChI is InChI=1S/C9H7NO6/c1-14-9-7(10(12)13)5(3-11)2-6-8(9)16-4-15-6/h2-3H,4H2,1H3. The van der Waals surface area contributed by atoms with Crippen LogP contribution >= 0.6 is 0 Å². The lowest BCUT2D eigenvalue weighted by molar-refractivity contribution is -0.386. The Morgan fingerprint density at radius 2 is 2.31 bits per heavy atom. The van der Waals surface area contributed by atoms with Crippen LogP contribution in [-0.2, 0) is 0 Å². The fourth-order valence-corrected chi connectivity index (χ4v) is 1.49. The molecule has 0 aliphatic carbocycles. The molecule has 0 radical (unpaired) electrons. The van der Waals surface area contributed by atoms with Gasteiger partial charge >= 0.3 is 5.69 Å². The van der Waals surface area contributed by atoms with Gasteiger partial charge in [-0.2, -0.15) is 0 Å². The van der Waals surface area contributed by atoms with E-state index in [1.54, 1.807) is 0 Å². The molecule has 16 heavy (non-hydrogen) atoms. The Balaban J connectivity index is 2.74. The molecular weight excluding hydrogens is 218 g/mol. The van der Waals surface area contributed by atoms with Crippen molar-refractivity contribution in [2.45, 2.75) is 0 Å². The van der Waals surface area contributed by atoms with Gasteiger partial charge in [0.15, 0.2) is 12.0 Å². The first kappa shape index (κ1) is 10.2. The highest BCUT2D eigenvalue weighted by Crippen LogP contribution is 2.48. The first-order valence-corrected chi connectivity index (χ1v) is 4.29. The van der Waals surface area contributed by atoms with Crippen molar-refractivity contribution >= 4 is 12.0 Å². The number of rotatable bonds is 3. The minimum atomic E-state index is -0.690. The van der Waals surface area contributed by atoms with Crippen LogP contribution in [0, 0.1) is 10.1 Å². The van der Waals surface area contributed by atoms with E-state index in [4.69, 9.17) is 14.2 Å². The van der Waals surface area contributed by atoms with E-state index >= 15 is 0 Å². The molecule has 1 aromatic rings. The lowest BCUT2D eigenvalue weighted by Gasteiger charge is -2.06. The molecule has 1 heterocycles. The van der Waals surface area contributed by atoms with Crippen LogP contribution in [-0.4, -0.2) is 25.1 Å². The molecule has 7 heteroatoms. The first-order valence-electron chi connectivity index (χ1n) is 4.29. The third-order valence-corrected chi connectivity index (χ3v) is 2.14. The predicted molar refractivity (Wildman–Crippen MR) is 51.2 cm³/mol. The third-order valence-electron chi connectivity index (χ3n) is 2.14. The number of carbonyl (C=O) groups is 1. The van der Waals surface area contributed by atoms with Crippen LogP contribution in [0.4, 0.5) is 5.69 Å². The molecule has 0 atom stereocenters. The summed E-state index contributed by atoms with van der Waals surface area (Å²) in [5.74, 6) is 0.325. The molecule has 1 aliphatic heterocycles. The number of hydrogen-bond acceptors (Lipinski definition) is 6. The van der Waals surface area contributed by atoms with E-state index in [0.717, 1.165) is 0 Å². The Kier molecular flexibility index (Phi) is 2.35. The van der Waals surface area contributed by atoms with Crippen molar-refractivity contribution in [3.8, 4) is 17.2 Å². The maximum atomic E-state index is 10.8. The monoisotopic (exact) mass is 225 g/mol. The van der Waals surface area contributed by atoms with Gasteiger partial charge in [0.2, 0.25) is 18.3 Å². The maximum Gasteiger partial charge on any atom is 0.325 e.